The van der Waals surface area contributed by atoms with E-state index in [4.69, 9.17) is 0 Å². The van der Waals surface area contributed by atoms with Crippen molar-refractivity contribution in [2.45, 2.75) is 50.8 Å². The Kier molecular flexibility index (Phi) is 3.91. The largest absolute Gasteiger partial charge is 0.0888 e. The van der Waals surface area contributed by atoms with Crippen molar-refractivity contribution in [3.63, 3.8) is 0 Å². The van der Waals surface area contributed by atoms with Gasteiger partial charge in [0.2, 0.25) is 0 Å². The van der Waals surface area contributed by atoms with Gasteiger partial charge in [-0.15, -0.1) is 0 Å². The van der Waals surface area contributed by atoms with E-state index in [0.717, 1.165) is 16.7 Å². The highest BCUT2D eigenvalue weighted by atomic mass is 79.9. The molecule has 1 aliphatic rings. The lowest BCUT2D eigenvalue weighted by Gasteiger charge is -2.21. The molecule has 1 aliphatic carbocycles. The molecule has 0 radical (unpaired) electrons. The van der Waals surface area contributed by atoms with E-state index in [-0.39, 0.29) is 0 Å². The van der Waals surface area contributed by atoms with Crippen LogP contribution in [0.2, 0.25) is 0 Å². The third kappa shape index (κ3) is 2.47. The fourth-order valence-corrected chi connectivity index (χ4v) is 3.36. The number of hydrogen-bond donors (Lipinski definition) is 0. The van der Waals surface area contributed by atoms with Crippen molar-refractivity contribution in [1.29, 1.82) is 0 Å². The monoisotopic (exact) mass is 218 g/mol. The van der Waals surface area contributed by atoms with E-state index in [2.05, 4.69) is 29.8 Å². The molecule has 3 atom stereocenters. The molecule has 1 heteroatoms. The molecule has 0 amide bonds. The Morgan fingerprint density at radius 1 is 1.45 bits per heavy atom. The molecule has 0 aromatic rings. The van der Waals surface area contributed by atoms with E-state index < -0.39 is 0 Å². The van der Waals surface area contributed by atoms with E-state index in [0.29, 0.717) is 0 Å². The molecule has 66 valence electrons. The second-order valence-electron chi connectivity index (χ2n) is 3.88. The minimum atomic E-state index is 0.823. The number of rotatable bonds is 3. The highest BCUT2D eigenvalue weighted by Crippen LogP contribution is 2.38. The SMILES string of the molecule is CCCC(C)C1CCCC1Br. The molecule has 1 saturated carbocycles. The molecule has 11 heavy (non-hydrogen) atoms. The number of halogens is 1. The van der Waals surface area contributed by atoms with Crippen molar-refractivity contribution in [3.8, 4) is 0 Å². The topological polar surface area (TPSA) is 0 Å². The molecule has 0 spiro atoms. The van der Waals surface area contributed by atoms with Crippen LogP contribution in [-0.2, 0) is 0 Å². The first-order chi connectivity index (χ1) is 5.25. The van der Waals surface area contributed by atoms with Gasteiger partial charge in [-0.3, -0.25) is 0 Å². The summed E-state index contributed by atoms with van der Waals surface area (Å²) in [6.07, 6.45) is 7.05. The molecule has 1 rings (SSSR count). The van der Waals surface area contributed by atoms with Crippen LogP contribution in [0.1, 0.15) is 46.0 Å². The molecule has 0 heterocycles. The second kappa shape index (κ2) is 4.49. The van der Waals surface area contributed by atoms with Crippen LogP contribution in [0.25, 0.3) is 0 Å². The van der Waals surface area contributed by atoms with Crippen molar-refractivity contribution < 1.29 is 0 Å². The fourth-order valence-electron chi connectivity index (χ4n) is 2.25. The number of alkyl halides is 1. The Morgan fingerprint density at radius 2 is 2.18 bits per heavy atom. The van der Waals surface area contributed by atoms with Crippen molar-refractivity contribution in [2.24, 2.45) is 11.8 Å². The smallest absolute Gasteiger partial charge is 0.0176 e. The van der Waals surface area contributed by atoms with Crippen LogP contribution in [0.5, 0.6) is 0 Å². The molecule has 0 N–H and O–H groups in total. The van der Waals surface area contributed by atoms with Gasteiger partial charge in [-0.1, -0.05) is 49.0 Å². The third-order valence-corrected chi connectivity index (χ3v) is 4.09. The van der Waals surface area contributed by atoms with Crippen LogP contribution in [0.3, 0.4) is 0 Å². The Balaban J connectivity index is 2.33. The lowest BCUT2D eigenvalue weighted by atomic mass is 9.89. The zero-order valence-corrected chi connectivity index (χ0v) is 9.23. The predicted octanol–water partition coefficient (Wildman–Crippen LogP) is 3.99. The average molecular weight is 219 g/mol. The van der Waals surface area contributed by atoms with E-state index in [1.54, 1.807) is 0 Å². The zero-order chi connectivity index (χ0) is 8.27. The Morgan fingerprint density at radius 3 is 2.64 bits per heavy atom. The van der Waals surface area contributed by atoms with Gasteiger partial charge >= 0.3 is 0 Å². The normalized spacial score (nSPS) is 34.1. The first-order valence-corrected chi connectivity index (χ1v) is 5.81. The van der Waals surface area contributed by atoms with Gasteiger partial charge in [-0.05, 0) is 24.7 Å². The van der Waals surface area contributed by atoms with Crippen LogP contribution in [0.4, 0.5) is 0 Å². The van der Waals surface area contributed by atoms with Gasteiger partial charge in [0, 0.05) is 4.83 Å². The van der Waals surface area contributed by atoms with Crippen molar-refractivity contribution in [2.75, 3.05) is 0 Å². The van der Waals surface area contributed by atoms with Gasteiger partial charge in [0.15, 0.2) is 0 Å². The Bertz CT molecular complexity index is 111. The van der Waals surface area contributed by atoms with Crippen molar-refractivity contribution in [1.82, 2.24) is 0 Å². The second-order valence-corrected chi connectivity index (χ2v) is 5.05. The highest BCUT2D eigenvalue weighted by Gasteiger charge is 2.28. The summed E-state index contributed by atoms with van der Waals surface area (Å²) >= 11 is 3.78. The summed E-state index contributed by atoms with van der Waals surface area (Å²) in [5.41, 5.74) is 0. The van der Waals surface area contributed by atoms with Gasteiger partial charge in [0.05, 0.1) is 0 Å². The molecule has 0 bridgehead atoms. The molecule has 0 aromatic carbocycles. The number of hydrogen-bond acceptors (Lipinski definition) is 0. The summed E-state index contributed by atoms with van der Waals surface area (Å²) in [7, 11) is 0. The maximum atomic E-state index is 3.78. The lowest BCUT2D eigenvalue weighted by molar-refractivity contribution is 0.352. The summed E-state index contributed by atoms with van der Waals surface area (Å²) in [5, 5.41) is 0. The van der Waals surface area contributed by atoms with Crippen LogP contribution in [-0.4, -0.2) is 4.83 Å². The molecule has 0 nitrogen and oxygen atoms in total. The summed E-state index contributed by atoms with van der Waals surface area (Å²) < 4.78 is 0. The maximum absolute atomic E-state index is 3.78. The quantitative estimate of drug-likeness (QED) is 0.629. The molecule has 0 aromatic heterocycles. The van der Waals surface area contributed by atoms with E-state index in [1.807, 2.05) is 0 Å². The molecular weight excluding hydrogens is 200 g/mol. The van der Waals surface area contributed by atoms with Crippen LogP contribution in [0.15, 0.2) is 0 Å². The van der Waals surface area contributed by atoms with E-state index in [9.17, 15) is 0 Å². The van der Waals surface area contributed by atoms with Crippen LogP contribution < -0.4 is 0 Å². The van der Waals surface area contributed by atoms with Gasteiger partial charge in [-0.2, -0.15) is 0 Å². The summed E-state index contributed by atoms with van der Waals surface area (Å²) in [4.78, 5) is 0.823. The van der Waals surface area contributed by atoms with Gasteiger partial charge in [0.1, 0.15) is 0 Å². The first kappa shape index (κ1) is 9.57. The standard InChI is InChI=1S/C10H19Br/c1-3-5-8(2)9-6-4-7-10(9)11/h8-10H,3-7H2,1-2H3. The minimum Gasteiger partial charge on any atom is -0.0888 e. The van der Waals surface area contributed by atoms with Crippen molar-refractivity contribution >= 4 is 15.9 Å². The van der Waals surface area contributed by atoms with Gasteiger partial charge < -0.3 is 0 Å². The molecule has 1 fully saturated rings. The van der Waals surface area contributed by atoms with Crippen LogP contribution >= 0.6 is 15.9 Å². The average Bonchev–Trinajstić information content (AvgIpc) is 2.36. The summed E-state index contributed by atoms with van der Waals surface area (Å²) in [5.74, 6) is 1.90. The lowest BCUT2D eigenvalue weighted by Crippen LogP contribution is -2.15. The molecule has 0 aliphatic heterocycles. The van der Waals surface area contributed by atoms with Gasteiger partial charge in [0.25, 0.3) is 0 Å². The summed E-state index contributed by atoms with van der Waals surface area (Å²) in [6.45, 7) is 4.70. The summed E-state index contributed by atoms with van der Waals surface area (Å²) in [6, 6.07) is 0. The fraction of sp³-hybridized carbons (Fsp3) is 1.00. The van der Waals surface area contributed by atoms with E-state index >= 15 is 0 Å². The first-order valence-electron chi connectivity index (χ1n) is 4.89. The minimum absolute atomic E-state index is 0.823. The Labute approximate surface area is 78.9 Å². The molecular formula is C10H19Br. The van der Waals surface area contributed by atoms with Gasteiger partial charge in [-0.25, -0.2) is 0 Å². The molecule has 3 unspecified atom stereocenters. The third-order valence-electron chi connectivity index (χ3n) is 2.96. The van der Waals surface area contributed by atoms with E-state index in [1.165, 1.54) is 32.1 Å². The predicted molar refractivity (Wildman–Crippen MR) is 54.1 cm³/mol. The maximum Gasteiger partial charge on any atom is 0.0176 e. The van der Waals surface area contributed by atoms with Crippen molar-refractivity contribution in [3.05, 3.63) is 0 Å². The highest BCUT2D eigenvalue weighted by molar-refractivity contribution is 9.09. The molecule has 0 saturated heterocycles. The Hall–Kier alpha value is 0.480. The zero-order valence-electron chi connectivity index (χ0n) is 7.65. The van der Waals surface area contributed by atoms with Crippen LogP contribution in [0, 0.1) is 11.8 Å².